The molecule has 48 heavy (non-hydrogen) atoms. The molecule has 0 fully saturated rings. The number of aliphatic imine (C=N–C) groups is 1. The van der Waals surface area contributed by atoms with E-state index in [-0.39, 0.29) is 6.04 Å². The molecular weight excluding hydrogens is 583 g/mol. The largest absolute Gasteiger partial charge is 0.349 e. The third-order valence-corrected chi connectivity index (χ3v) is 9.65. The predicted molar refractivity (Wildman–Crippen MR) is 202 cm³/mol. The van der Waals surface area contributed by atoms with E-state index in [0.29, 0.717) is 0 Å². The summed E-state index contributed by atoms with van der Waals surface area (Å²) in [6.07, 6.45) is 2.29. The minimum Gasteiger partial charge on any atom is -0.349 e. The Kier molecular flexibility index (Phi) is 6.76. The molecule has 1 aliphatic rings. The van der Waals surface area contributed by atoms with Crippen LogP contribution in [0, 0.1) is 0 Å². The van der Waals surface area contributed by atoms with Crippen LogP contribution in [0.3, 0.4) is 0 Å². The molecule has 3 nitrogen and oxygen atoms in total. The summed E-state index contributed by atoms with van der Waals surface area (Å²) in [4.78, 5) is 7.45. The average molecular weight is 616 g/mol. The molecule has 0 amide bonds. The first-order valence-corrected chi connectivity index (χ1v) is 16.5. The van der Waals surface area contributed by atoms with Gasteiger partial charge in [0.1, 0.15) is 5.84 Å². The third kappa shape index (κ3) is 4.71. The maximum absolute atomic E-state index is 5.16. The van der Waals surface area contributed by atoms with Crippen molar-refractivity contribution in [2.24, 2.45) is 4.99 Å². The smallest absolute Gasteiger partial charge is 0.137 e. The fourth-order valence-electron chi connectivity index (χ4n) is 7.26. The lowest BCUT2D eigenvalue weighted by molar-refractivity contribution is 0.435. The highest BCUT2D eigenvalue weighted by molar-refractivity contribution is 6.21. The second-order valence-corrected chi connectivity index (χ2v) is 12.5. The number of fused-ring (bicyclic) bond motifs is 5. The van der Waals surface area contributed by atoms with E-state index in [0.717, 1.165) is 28.3 Å². The number of hydrogen-bond acceptors (Lipinski definition) is 2. The molecule has 3 heteroatoms. The van der Waals surface area contributed by atoms with Crippen molar-refractivity contribution >= 4 is 44.1 Å². The van der Waals surface area contributed by atoms with Crippen LogP contribution in [-0.2, 0) is 0 Å². The molecule has 1 aliphatic heterocycles. The maximum Gasteiger partial charge on any atom is 0.137 e. The van der Waals surface area contributed by atoms with Gasteiger partial charge >= 0.3 is 0 Å². The number of hydrogen-bond donors (Lipinski definition) is 0. The van der Waals surface area contributed by atoms with E-state index in [9.17, 15) is 0 Å². The van der Waals surface area contributed by atoms with Gasteiger partial charge in [0.2, 0.25) is 0 Å². The second kappa shape index (κ2) is 11.6. The average Bonchev–Trinajstić information content (AvgIpc) is 3.50. The van der Waals surface area contributed by atoms with Gasteiger partial charge in [-0.1, -0.05) is 146 Å². The molecule has 1 atom stereocenters. The van der Waals surface area contributed by atoms with Gasteiger partial charge in [0, 0.05) is 29.1 Å². The van der Waals surface area contributed by atoms with Gasteiger partial charge in [-0.3, -0.25) is 0 Å². The summed E-state index contributed by atoms with van der Waals surface area (Å²) in [6, 6.07) is 60.9. The molecule has 9 rings (SSSR count). The molecule has 1 aromatic heterocycles. The van der Waals surface area contributed by atoms with Gasteiger partial charge < -0.3 is 9.47 Å². The Morgan fingerprint density at radius 3 is 1.88 bits per heavy atom. The normalized spacial score (nSPS) is 14.8. The highest BCUT2D eigenvalue weighted by atomic mass is 15.2. The summed E-state index contributed by atoms with van der Waals surface area (Å²) in [6.45, 7) is 0. The molecule has 1 unspecified atom stereocenters. The van der Waals surface area contributed by atoms with Crippen molar-refractivity contribution in [3.63, 3.8) is 0 Å². The maximum atomic E-state index is 5.16. The summed E-state index contributed by atoms with van der Waals surface area (Å²) >= 11 is 0. The van der Waals surface area contributed by atoms with E-state index in [1.807, 2.05) is 0 Å². The molecule has 0 bridgehead atoms. The van der Waals surface area contributed by atoms with Crippen LogP contribution in [0.5, 0.6) is 0 Å². The quantitative estimate of drug-likeness (QED) is 0.189. The topological polar surface area (TPSA) is 20.5 Å². The first-order chi connectivity index (χ1) is 23.7. The van der Waals surface area contributed by atoms with Crippen LogP contribution < -0.4 is 0 Å². The summed E-state index contributed by atoms with van der Waals surface area (Å²) in [5.74, 6) is 0.966. The van der Waals surface area contributed by atoms with Gasteiger partial charge in [-0.05, 0) is 63.4 Å². The molecule has 8 aromatic rings. The Bertz CT molecular complexity index is 2490. The summed E-state index contributed by atoms with van der Waals surface area (Å²) in [7, 11) is 2.14. The predicted octanol–water partition coefficient (Wildman–Crippen LogP) is 11.1. The standard InChI is InChI=1S/C45H33N3/c1-47-42(30-40(33-16-7-3-8-17-33)46-45(47)35-18-9-4-10-19-35)34-21-25-37(26-22-34)48-41-28-24-32-15-11-12-20-38(32)44(41)39-27-23-36(29-43(39)48)31-13-5-2-6-14-31/h2-30,42H,1H3. The Morgan fingerprint density at radius 2 is 1.15 bits per heavy atom. The van der Waals surface area contributed by atoms with Crippen molar-refractivity contribution in [3.05, 3.63) is 193 Å². The molecule has 228 valence electrons. The Hall–Kier alpha value is -6.19. The SMILES string of the molecule is CN1C(c2ccccc2)=NC(c2ccccc2)=CC1c1ccc(-n2c3cc(-c4ccccc4)ccc3c3c4ccccc4ccc32)cc1. The van der Waals surface area contributed by atoms with Crippen molar-refractivity contribution in [2.45, 2.75) is 6.04 Å². The second-order valence-electron chi connectivity index (χ2n) is 12.5. The van der Waals surface area contributed by atoms with E-state index in [1.165, 1.54) is 49.3 Å². The van der Waals surface area contributed by atoms with Gasteiger partial charge in [0.05, 0.1) is 22.8 Å². The van der Waals surface area contributed by atoms with Crippen LogP contribution >= 0.6 is 0 Å². The number of aromatic nitrogens is 1. The van der Waals surface area contributed by atoms with Crippen molar-refractivity contribution in [1.82, 2.24) is 9.47 Å². The van der Waals surface area contributed by atoms with Crippen LogP contribution in [0.4, 0.5) is 0 Å². The number of amidine groups is 1. The van der Waals surface area contributed by atoms with Gasteiger partial charge in [0.15, 0.2) is 0 Å². The number of nitrogens with zero attached hydrogens (tertiary/aromatic N) is 3. The molecule has 2 heterocycles. The molecule has 0 radical (unpaired) electrons. The van der Waals surface area contributed by atoms with Crippen LogP contribution in [0.25, 0.3) is 55.1 Å². The van der Waals surface area contributed by atoms with Gasteiger partial charge in [0.25, 0.3) is 0 Å². The van der Waals surface area contributed by atoms with Gasteiger partial charge in [-0.25, -0.2) is 4.99 Å². The molecule has 0 saturated heterocycles. The fraction of sp³-hybridized carbons (Fsp3) is 0.0444. The van der Waals surface area contributed by atoms with Crippen LogP contribution in [0.1, 0.15) is 22.7 Å². The van der Waals surface area contributed by atoms with E-state index in [1.54, 1.807) is 0 Å². The minimum absolute atomic E-state index is 0.0220. The number of rotatable bonds is 5. The highest BCUT2D eigenvalue weighted by Gasteiger charge is 2.25. The van der Waals surface area contributed by atoms with Gasteiger partial charge in [-0.15, -0.1) is 0 Å². The Balaban J connectivity index is 1.20. The first-order valence-electron chi connectivity index (χ1n) is 16.5. The van der Waals surface area contributed by atoms with E-state index < -0.39 is 0 Å². The monoisotopic (exact) mass is 615 g/mol. The molecule has 0 saturated carbocycles. The van der Waals surface area contributed by atoms with Gasteiger partial charge in [-0.2, -0.15) is 0 Å². The van der Waals surface area contributed by atoms with E-state index in [2.05, 4.69) is 192 Å². The molecular formula is C45H33N3. The summed E-state index contributed by atoms with van der Waals surface area (Å²) in [5, 5.41) is 5.08. The summed E-state index contributed by atoms with van der Waals surface area (Å²) in [5.41, 5.74) is 10.4. The zero-order valence-electron chi connectivity index (χ0n) is 26.7. The highest BCUT2D eigenvalue weighted by Crippen LogP contribution is 2.39. The molecule has 0 spiro atoms. The Morgan fingerprint density at radius 1 is 0.500 bits per heavy atom. The third-order valence-electron chi connectivity index (χ3n) is 9.65. The van der Waals surface area contributed by atoms with E-state index >= 15 is 0 Å². The zero-order chi connectivity index (χ0) is 32.0. The van der Waals surface area contributed by atoms with Crippen LogP contribution in [0.15, 0.2) is 181 Å². The number of benzene rings is 7. The fourth-order valence-corrected chi connectivity index (χ4v) is 7.26. The summed E-state index contributed by atoms with van der Waals surface area (Å²) < 4.78 is 2.43. The lowest BCUT2D eigenvalue weighted by Gasteiger charge is -2.33. The van der Waals surface area contributed by atoms with E-state index in [4.69, 9.17) is 4.99 Å². The molecule has 0 aliphatic carbocycles. The number of likely N-dealkylation sites (N-methyl/N-ethyl adjacent to an activating group) is 1. The van der Waals surface area contributed by atoms with Crippen molar-refractivity contribution in [3.8, 4) is 16.8 Å². The minimum atomic E-state index is 0.0220. The molecule has 7 aromatic carbocycles. The van der Waals surface area contributed by atoms with Crippen molar-refractivity contribution in [2.75, 3.05) is 7.05 Å². The van der Waals surface area contributed by atoms with Crippen molar-refractivity contribution < 1.29 is 0 Å². The molecule has 0 N–H and O–H groups in total. The Labute approximate surface area is 280 Å². The lowest BCUT2D eigenvalue weighted by atomic mass is 9.98. The lowest BCUT2D eigenvalue weighted by Crippen LogP contribution is -2.33. The van der Waals surface area contributed by atoms with Crippen LogP contribution in [0.2, 0.25) is 0 Å². The first kappa shape index (κ1) is 28.1. The van der Waals surface area contributed by atoms with Crippen molar-refractivity contribution in [1.29, 1.82) is 0 Å². The zero-order valence-corrected chi connectivity index (χ0v) is 26.7. The van der Waals surface area contributed by atoms with Crippen LogP contribution in [-0.4, -0.2) is 22.4 Å².